The van der Waals surface area contributed by atoms with Gasteiger partial charge in [0.2, 0.25) is 0 Å². The molecule has 3 heterocycles. The van der Waals surface area contributed by atoms with Crippen LogP contribution in [0.1, 0.15) is 47.9 Å². The zero-order valence-electron chi connectivity index (χ0n) is 19.4. The van der Waals surface area contributed by atoms with Crippen molar-refractivity contribution in [3.05, 3.63) is 77.4 Å². The first-order chi connectivity index (χ1) is 16.4. The molecule has 0 spiro atoms. The maximum Gasteiger partial charge on any atom is 0.119 e. The van der Waals surface area contributed by atoms with E-state index in [2.05, 4.69) is 70.5 Å². The largest absolute Gasteiger partial charge is 0.494 e. The highest BCUT2D eigenvalue weighted by molar-refractivity contribution is 5.86. The lowest BCUT2D eigenvalue weighted by Gasteiger charge is -2.38. The molecule has 2 saturated heterocycles. The van der Waals surface area contributed by atoms with Gasteiger partial charge in [-0.25, -0.2) is 0 Å². The average Bonchev–Trinajstić information content (AvgIpc) is 3.35. The van der Waals surface area contributed by atoms with Crippen molar-refractivity contribution in [1.82, 2.24) is 9.80 Å². The van der Waals surface area contributed by atoms with Crippen LogP contribution in [-0.4, -0.2) is 62.3 Å². The van der Waals surface area contributed by atoms with Gasteiger partial charge < -0.3 is 9.47 Å². The zero-order chi connectivity index (χ0) is 22.0. The van der Waals surface area contributed by atoms with Crippen LogP contribution in [0.25, 0.3) is 10.8 Å². The van der Waals surface area contributed by atoms with Crippen molar-refractivity contribution in [2.45, 2.75) is 31.2 Å². The normalized spacial score (nSPS) is 23.4. The van der Waals surface area contributed by atoms with Crippen LogP contribution in [0.5, 0.6) is 5.75 Å². The first kappa shape index (κ1) is 21.2. The predicted molar refractivity (Wildman–Crippen MR) is 133 cm³/mol. The van der Waals surface area contributed by atoms with Gasteiger partial charge in [-0.15, -0.1) is 0 Å². The van der Waals surface area contributed by atoms with E-state index >= 15 is 0 Å². The minimum atomic E-state index is 0.413. The van der Waals surface area contributed by atoms with Gasteiger partial charge in [0.15, 0.2) is 0 Å². The molecule has 4 nitrogen and oxygen atoms in total. The van der Waals surface area contributed by atoms with Gasteiger partial charge in [0, 0.05) is 38.1 Å². The van der Waals surface area contributed by atoms with Gasteiger partial charge in [0.1, 0.15) is 5.75 Å². The molecule has 4 heteroatoms. The summed E-state index contributed by atoms with van der Waals surface area (Å²) in [5.41, 5.74) is 4.44. The van der Waals surface area contributed by atoms with Gasteiger partial charge in [0.05, 0.1) is 19.8 Å². The van der Waals surface area contributed by atoms with Crippen molar-refractivity contribution in [2.75, 3.05) is 52.5 Å². The summed E-state index contributed by atoms with van der Waals surface area (Å²) in [5, 5.41) is 2.72. The summed E-state index contributed by atoms with van der Waals surface area (Å²) in [4.78, 5) is 5.18. The number of hydrogen-bond acceptors (Lipinski definition) is 4. The molecule has 3 aliphatic rings. The molecule has 3 aromatic carbocycles. The first-order valence-corrected chi connectivity index (χ1v) is 12.7. The molecule has 0 saturated carbocycles. The van der Waals surface area contributed by atoms with Crippen molar-refractivity contribution in [3.63, 3.8) is 0 Å². The van der Waals surface area contributed by atoms with Crippen LogP contribution in [0.2, 0.25) is 0 Å². The topological polar surface area (TPSA) is 24.9 Å². The molecule has 3 aliphatic heterocycles. The van der Waals surface area contributed by atoms with Crippen LogP contribution in [0.4, 0.5) is 0 Å². The Morgan fingerprint density at radius 1 is 0.879 bits per heavy atom. The van der Waals surface area contributed by atoms with E-state index in [0.29, 0.717) is 12.0 Å². The fourth-order valence-electron chi connectivity index (χ4n) is 6.10. The molecule has 172 valence electrons. The molecule has 33 heavy (non-hydrogen) atoms. The maximum absolute atomic E-state index is 6.25. The van der Waals surface area contributed by atoms with E-state index in [9.17, 15) is 0 Å². The molecule has 2 fully saturated rings. The number of fused-ring (bicyclic) bond motifs is 4. The van der Waals surface area contributed by atoms with Gasteiger partial charge in [-0.3, -0.25) is 9.80 Å². The summed E-state index contributed by atoms with van der Waals surface area (Å²) < 4.78 is 11.7. The first-order valence-electron chi connectivity index (χ1n) is 12.7. The maximum atomic E-state index is 6.25. The van der Waals surface area contributed by atoms with Gasteiger partial charge >= 0.3 is 0 Å². The lowest BCUT2D eigenvalue weighted by atomic mass is 9.80. The molecule has 6 rings (SSSR count). The Morgan fingerprint density at radius 3 is 2.70 bits per heavy atom. The number of hydrogen-bond donors (Lipinski definition) is 0. The Morgan fingerprint density at radius 2 is 1.76 bits per heavy atom. The Balaban J connectivity index is 1.24. The summed E-state index contributed by atoms with van der Waals surface area (Å²) in [7, 11) is 0. The molecule has 2 atom stereocenters. The highest BCUT2D eigenvalue weighted by atomic mass is 16.5. The van der Waals surface area contributed by atoms with E-state index in [1.54, 1.807) is 0 Å². The summed E-state index contributed by atoms with van der Waals surface area (Å²) in [6.07, 6.45) is 3.61. The number of benzene rings is 3. The number of ether oxygens (including phenoxy) is 2. The van der Waals surface area contributed by atoms with Crippen LogP contribution in [-0.2, 0) is 4.74 Å². The van der Waals surface area contributed by atoms with Gasteiger partial charge in [0.25, 0.3) is 0 Å². The Bertz CT molecular complexity index is 1100. The third-order valence-corrected chi connectivity index (χ3v) is 7.76. The second-order valence-electron chi connectivity index (χ2n) is 9.72. The smallest absolute Gasteiger partial charge is 0.119 e. The molecule has 0 unspecified atom stereocenters. The Kier molecular flexibility index (Phi) is 6.06. The molecular weight excluding hydrogens is 408 g/mol. The van der Waals surface area contributed by atoms with Crippen LogP contribution in [0.3, 0.4) is 0 Å². The SMILES string of the molecule is c1ccc2c([C@H]3CN4CCC[C@H]4c4cc(OCCCN5CCOCC5)ccc43)cccc2c1. The molecular formula is C29H34N2O2. The monoisotopic (exact) mass is 442 g/mol. The van der Waals surface area contributed by atoms with Crippen molar-refractivity contribution < 1.29 is 9.47 Å². The van der Waals surface area contributed by atoms with E-state index in [0.717, 1.165) is 58.2 Å². The van der Waals surface area contributed by atoms with E-state index in [1.807, 2.05) is 0 Å². The van der Waals surface area contributed by atoms with Crippen LogP contribution >= 0.6 is 0 Å². The van der Waals surface area contributed by atoms with Gasteiger partial charge in [-0.1, -0.05) is 48.5 Å². The van der Waals surface area contributed by atoms with Crippen LogP contribution < -0.4 is 4.74 Å². The molecule has 0 aliphatic carbocycles. The highest BCUT2D eigenvalue weighted by Gasteiger charge is 2.37. The number of morpholine rings is 1. The van der Waals surface area contributed by atoms with E-state index < -0.39 is 0 Å². The molecule has 0 bridgehead atoms. The Labute approximate surface area is 197 Å². The third-order valence-electron chi connectivity index (χ3n) is 7.76. The quantitative estimate of drug-likeness (QED) is 0.489. The second-order valence-corrected chi connectivity index (χ2v) is 9.72. The molecule has 0 aromatic heterocycles. The van der Waals surface area contributed by atoms with Gasteiger partial charge in [-0.05, 0) is 65.4 Å². The summed E-state index contributed by atoms with van der Waals surface area (Å²) in [5.74, 6) is 1.44. The van der Waals surface area contributed by atoms with Crippen LogP contribution in [0.15, 0.2) is 60.7 Å². The summed E-state index contributed by atoms with van der Waals surface area (Å²) in [6.45, 7) is 8.01. The third kappa shape index (κ3) is 4.28. The predicted octanol–water partition coefficient (Wildman–Crippen LogP) is 5.22. The fourth-order valence-corrected chi connectivity index (χ4v) is 6.10. The molecule has 0 amide bonds. The van der Waals surface area contributed by atoms with Crippen molar-refractivity contribution in [1.29, 1.82) is 0 Å². The molecule has 0 N–H and O–H groups in total. The minimum Gasteiger partial charge on any atom is -0.494 e. The average molecular weight is 443 g/mol. The standard InChI is InChI=1S/C29H34N2O2/c1-2-8-24-22(6-1)7-3-9-25(24)28-21-31-14-4-10-29(31)27-20-23(11-12-26(27)28)33-17-5-13-30-15-18-32-19-16-30/h1-3,6-9,11-12,20,28-29H,4-5,10,13-19,21H2/t28-,29+/m1/s1. The van der Waals surface area contributed by atoms with E-state index in [1.165, 1.54) is 46.8 Å². The van der Waals surface area contributed by atoms with E-state index in [-0.39, 0.29) is 0 Å². The number of rotatable bonds is 6. The molecule has 0 radical (unpaired) electrons. The van der Waals surface area contributed by atoms with Crippen molar-refractivity contribution in [3.8, 4) is 5.75 Å². The second kappa shape index (κ2) is 9.46. The highest BCUT2D eigenvalue weighted by Crippen LogP contribution is 2.46. The number of nitrogens with zero attached hydrogens (tertiary/aromatic N) is 2. The lowest BCUT2D eigenvalue weighted by Crippen LogP contribution is -2.37. The fraction of sp³-hybridized carbons (Fsp3) is 0.448. The molecule has 3 aromatic rings. The summed E-state index contributed by atoms with van der Waals surface area (Å²) >= 11 is 0. The van der Waals surface area contributed by atoms with Gasteiger partial charge in [-0.2, -0.15) is 0 Å². The van der Waals surface area contributed by atoms with Crippen molar-refractivity contribution in [2.24, 2.45) is 0 Å². The van der Waals surface area contributed by atoms with E-state index in [4.69, 9.17) is 9.47 Å². The minimum absolute atomic E-state index is 0.413. The van der Waals surface area contributed by atoms with Crippen LogP contribution in [0, 0.1) is 0 Å². The zero-order valence-corrected chi connectivity index (χ0v) is 19.4. The van der Waals surface area contributed by atoms with Crippen molar-refractivity contribution >= 4 is 10.8 Å². The lowest BCUT2D eigenvalue weighted by molar-refractivity contribution is 0.0358. The summed E-state index contributed by atoms with van der Waals surface area (Å²) in [6, 6.07) is 23.1. The Hall–Kier alpha value is -2.40.